The lowest BCUT2D eigenvalue weighted by atomic mass is 9.81. The summed E-state index contributed by atoms with van der Waals surface area (Å²) < 4.78 is 41.5. The molecule has 3 aromatic heterocycles. The van der Waals surface area contributed by atoms with E-state index in [2.05, 4.69) is 46.8 Å². The maximum absolute atomic E-state index is 13.5. The van der Waals surface area contributed by atoms with Crippen molar-refractivity contribution in [3.8, 4) is 22.3 Å². The molecule has 6 aromatic rings. The van der Waals surface area contributed by atoms with Crippen LogP contribution in [0.2, 0.25) is 0 Å². The Hall–Kier alpha value is -4.56. The third-order valence-electron chi connectivity index (χ3n) is 6.85. The molecule has 0 spiro atoms. The van der Waals surface area contributed by atoms with E-state index < -0.39 is 12.9 Å². The Labute approximate surface area is 300 Å². The first-order valence-corrected chi connectivity index (χ1v) is 16.2. The number of nitrogen functional groups attached to an aromatic ring is 2. The molecule has 0 saturated carbocycles. The predicted molar refractivity (Wildman–Crippen MR) is 198 cm³/mol. The van der Waals surface area contributed by atoms with E-state index in [0.29, 0.717) is 16.8 Å². The van der Waals surface area contributed by atoms with Gasteiger partial charge in [-0.3, -0.25) is 15.0 Å². The zero-order chi connectivity index (χ0) is 36.1. The molecule has 0 aliphatic rings. The van der Waals surface area contributed by atoms with Crippen LogP contribution in [0.3, 0.4) is 0 Å². The van der Waals surface area contributed by atoms with Crippen LogP contribution in [0.4, 0.5) is 24.5 Å². The van der Waals surface area contributed by atoms with Crippen molar-refractivity contribution >= 4 is 55.8 Å². The molecule has 0 aliphatic carbocycles. The van der Waals surface area contributed by atoms with Crippen LogP contribution >= 0.6 is 31.9 Å². The lowest BCUT2D eigenvalue weighted by molar-refractivity contribution is 0.422. The third kappa shape index (κ3) is 11.8. The average Bonchev–Trinajstić information content (AvgIpc) is 3.07. The minimum Gasteiger partial charge on any atom is -0.423 e. The fourth-order valence-electron chi connectivity index (χ4n) is 4.15. The van der Waals surface area contributed by atoms with Gasteiger partial charge in [0.25, 0.3) is 0 Å². The van der Waals surface area contributed by atoms with E-state index in [4.69, 9.17) is 21.5 Å². The van der Waals surface area contributed by atoms with Crippen molar-refractivity contribution in [3.05, 3.63) is 153 Å². The van der Waals surface area contributed by atoms with Crippen LogP contribution in [0.1, 0.15) is 16.7 Å². The van der Waals surface area contributed by atoms with E-state index >= 15 is 0 Å². The Morgan fingerprint density at radius 3 is 1.45 bits per heavy atom. The smallest absolute Gasteiger partial charge is 0.423 e. The monoisotopic (exact) mass is 793 g/mol. The second-order valence-corrected chi connectivity index (χ2v) is 12.3. The van der Waals surface area contributed by atoms with E-state index in [1.165, 1.54) is 42.5 Å². The highest BCUT2D eigenvalue weighted by Crippen LogP contribution is 2.28. The summed E-state index contributed by atoms with van der Waals surface area (Å²) in [5.74, 6) is -1.19. The van der Waals surface area contributed by atoms with Crippen molar-refractivity contribution < 1.29 is 23.2 Å². The number of benzene rings is 3. The topological polar surface area (TPSA) is 131 Å². The summed E-state index contributed by atoms with van der Waals surface area (Å²) in [5, 5.41) is 17.0. The van der Waals surface area contributed by atoms with Gasteiger partial charge in [-0.05, 0) is 103 Å². The molecular formula is C36H33BBr2F3N5O2. The van der Waals surface area contributed by atoms with Crippen LogP contribution in [0, 0.1) is 38.2 Å². The minimum atomic E-state index is -1.78. The van der Waals surface area contributed by atoms with E-state index in [-0.39, 0.29) is 17.1 Å². The predicted octanol–water partition coefficient (Wildman–Crippen LogP) is 7.98. The van der Waals surface area contributed by atoms with Crippen LogP contribution in [0.5, 0.6) is 0 Å². The molecule has 0 bridgehead atoms. The van der Waals surface area contributed by atoms with Crippen LogP contribution in [0.15, 0.2) is 119 Å². The summed E-state index contributed by atoms with van der Waals surface area (Å²) in [5.41, 5.74) is 18.3. The molecule has 3 heterocycles. The Morgan fingerprint density at radius 1 is 0.551 bits per heavy atom. The van der Waals surface area contributed by atoms with Gasteiger partial charge in [0, 0.05) is 74.1 Å². The summed E-state index contributed by atoms with van der Waals surface area (Å²) >= 11 is 6.74. The highest BCUT2D eigenvalue weighted by molar-refractivity contribution is 9.10. The van der Waals surface area contributed by atoms with Crippen molar-refractivity contribution in [3.63, 3.8) is 0 Å². The first-order valence-electron chi connectivity index (χ1n) is 14.6. The fourth-order valence-corrected chi connectivity index (χ4v) is 4.91. The highest BCUT2D eigenvalue weighted by Gasteiger charge is 2.15. The normalized spacial score (nSPS) is 10.0. The number of aromatic nitrogens is 3. The fraction of sp³-hybridized carbons (Fsp3) is 0.0833. The number of anilines is 2. The number of halogens is 5. The number of pyridine rings is 3. The molecule has 0 saturated heterocycles. The van der Waals surface area contributed by atoms with Gasteiger partial charge in [-0.2, -0.15) is 0 Å². The van der Waals surface area contributed by atoms with Gasteiger partial charge in [0.2, 0.25) is 0 Å². The van der Waals surface area contributed by atoms with Crippen molar-refractivity contribution in [2.75, 3.05) is 11.5 Å². The zero-order valence-electron chi connectivity index (χ0n) is 26.8. The second-order valence-electron chi connectivity index (χ2n) is 10.5. The number of rotatable bonds is 3. The van der Waals surface area contributed by atoms with Crippen molar-refractivity contribution in [2.24, 2.45) is 0 Å². The van der Waals surface area contributed by atoms with Gasteiger partial charge in [-0.25, -0.2) is 13.2 Å². The number of nitrogens with two attached hydrogens (primary N) is 2. The van der Waals surface area contributed by atoms with E-state index in [1.807, 2.05) is 63.2 Å². The maximum atomic E-state index is 13.5. The SMILES string of the molecule is Cc1ccc(Br)cc1-c1cnccc1F.Cc1ccc(N)cc1-c1cnccc1F.Cc1ccc(N)cc1Br.OB(O)c1cnccc1F. The molecule has 6 N–H and O–H groups in total. The van der Waals surface area contributed by atoms with Gasteiger partial charge >= 0.3 is 7.12 Å². The molecule has 49 heavy (non-hydrogen) atoms. The standard InChI is InChI=1S/C12H9BrFN.C12H11FN2.C7H8BrN.C5H5BFNO2/c1-8-2-3-9(13)6-10(8)11-7-15-5-4-12(11)14;1-8-2-3-9(14)6-10(8)11-7-15-5-4-12(11)13;1-5-2-3-6(9)4-7(5)8;7-5-1-2-8-3-4(5)6(9)10/h2-7H,1H3;2-7H,14H2,1H3;2-4H,9H2,1H3;1-3,9-10H. The van der Waals surface area contributed by atoms with Crippen LogP contribution in [0.25, 0.3) is 22.3 Å². The molecule has 252 valence electrons. The zero-order valence-corrected chi connectivity index (χ0v) is 29.9. The van der Waals surface area contributed by atoms with Crippen molar-refractivity contribution in [2.45, 2.75) is 20.8 Å². The Kier molecular flexibility index (Phi) is 15.0. The van der Waals surface area contributed by atoms with E-state index in [1.54, 1.807) is 18.3 Å². The van der Waals surface area contributed by atoms with Gasteiger partial charge in [0.15, 0.2) is 0 Å². The molecule has 0 atom stereocenters. The molecule has 0 amide bonds. The summed E-state index contributed by atoms with van der Waals surface area (Å²) in [6.45, 7) is 5.90. The van der Waals surface area contributed by atoms with Gasteiger partial charge in [0.1, 0.15) is 17.5 Å². The second kappa shape index (κ2) is 18.8. The van der Waals surface area contributed by atoms with E-state index in [9.17, 15) is 13.2 Å². The quantitative estimate of drug-likeness (QED) is 0.106. The first kappa shape index (κ1) is 38.9. The molecular weight excluding hydrogens is 762 g/mol. The lowest BCUT2D eigenvalue weighted by Crippen LogP contribution is -2.32. The third-order valence-corrected chi connectivity index (χ3v) is 8.20. The summed E-state index contributed by atoms with van der Waals surface area (Å²) in [4.78, 5) is 11.4. The summed E-state index contributed by atoms with van der Waals surface area (Å²) in [6.07, 6.45) is 8.25. The molecule has 7 nitrogen and oxygen atoms in total. The molecule has 0 unspecified atom stereocenters. The molecule has 6 rings (SSSR count). The Bertz CT molecular complexity index is 1910. The molecule has 13 heteroatoms. The first-order chi connectivity index (χ1) is 23.3. The molecule has 0 fully saturated rings. The average molecular weight is 795 g/mol. The van der Waals surface area contributed by atoms with Gasteiger partial charge in [-0.1, -0.05) is 50.1 Å². The van der Waals surface area contributed by atoms with Crippen molar-refractivity contribution in [1.82, 2.24) is 15.0 Å². The van der Waals surface area contributed by atoms with Gasteiger partial charge < -0.3 is 21.5 Å². The maximum Gasteiger partial charge on any atom is 0.493 e. The molecule has 3 aromatic carbocycles. The minimum absolute atomic E-state index is 0.206. The summed E-state index contributed by atoms with van der Waals surface area (Å²) in [7, 11) is -1.78. The summed E-state index contributed by atoms with van der Waals surface area (Å²) in [6, 6.07) is 20.8. The lowest BCUT2D eigenvalue weighted by Gasteiger charge is -2.07. The molecule has 0 radical (unpaired) electrons. The number of hydrogen-bond donors (Lipinski definition) is 4. The number of hydrogen-bond acceptors (Lipinski definition) is 7. The van der Waals surface area contributed by atoms with Crippen LogP contribution in [-0.2, 0) is 0 Å². The Balaban J connectivity index is 0.000000181. The van der Waals surface area contributed by atoms with Crippen LogP contribution < -0.4 is 16.9 Å². The Morgan fingerprint density at radius 2 is 1.00 bits per heavy atom. The van der Waals surface area contributed by atoms with E-state index in [0.717, 1.165) is 49.1 Å². The number of nitrogens with zero attached hydrogens (tertiary/aromatic N) is 3. The van der Waals surface area contributed by atoms with Gasteiger partial charge in [-0.15, -0.1) is 0 Å². The van der Waals surface area contributed by atoms with Crippen LogP contribution in [-0.4, -0.2) is 32.1 Å². The number of aryl methyl sites for hydroxylation is 3. The van der Waals surface area contributed by atoms with Crippen molar-refractivity contribution in [1.29, 1.82) is 0 Å². The van der Waals surface area contributed by atoms with Gasteiger partial charge in [0.05, 0.1) is 0 Å². The highest BCUT2D eigenvalue weighted by atomic mass is 79.9. The largest absolute Gasteiger partial charge is 0.493 e. The molecule has 0 aliphatic heterocycles.